The van der Waals surface area contributed by atoms with Crippen LogP contribution in [0, 0.1) is 12.7 Å². The second-order valence-corrected chi connectivity index (χ2v) is 7.94. The van der Waals surface area contributed by atoms with Gasteiger partial charge in [-0.15, -0.1) is 0 Å². The Hall–Kier alpha value is -1.02. The zero-order valence-electron chi connectivity index (χ0n) is 13.9. The highest BCUT2D eigenvalue weighted by atomic mass is 32.2. The van der Waals surface area contributed by atoms with Gasteiger partial charge in [-0.3, -0.25) is 4.90 Å². The molecule has 0 spiro atoms. The summed E-state index contributed by atoms with van der Waals surface area (Å²) in [6.07, 6.45) is 0.562. The molecule has 0 bridgehead atoms. The Kier molecular flexibility index (Phi) is 6.13. The summed E-state index contributed by atoms with van der Waals surface area (Å²) < 4.78 is 46.3. The summed E-state index contributed by atoms with van der Waals surface area (Å²) in [6, 6.07) is 4.55. The summed E-state index contributed by atoms with van der Waals surface area (Å²) in [5.41, 5.74) is 0.686. The van der Waals surface area contributed by atoms with Crippen molar-refractivity contribution >= 4 is 10.0 Å². The molecule has 7 heteroatoms. The molecule has 1 atom stereocenters. The molecule has 1 fully saturated rings. The average molecular weight is 344 g/mol. The lowest BCUT2D eigenvalue weighted by molar-refractivity contribution is -0.0409. The number of benzene rings is 1. The number of hydrogen-bond acceptors (Lipinski definition) is 4. The molecule has 1 saturated heterocycles. The molecule has 1 aromatic rings. The first-order valence-electron chi connectivity index (χ1n) is 7.91. The Balaban J connectivity index is 1.90. The van der Waals surface area contributed by atoms with E-state index in [-0.39, 0.29) is 17.5 Å². The van der Waals surface area contributed by atoms with Crippen LogP contribution in [0.3, 0.4) is 0 Å². The van der Waals surface area contributed by atoms with Gasteiger partial charge in [-0.2, -0.15) is 0 Å². The molecule has 0 aliphatic carbocycles. The molecule has 1 N–H and O–H groups in total. The molecule has 23 heavy (non-hydrogen) atoms. The van der Waals surface area contributed by atoms with E-state index in [1.54, 1.807) is 13.0 Å². The highest BCUT2D eigenvalue weighted by Crippen LogP contribution is 2.16. The van der Waals surface area contributed by atoms with Gasteiger partial charge in [-0.25, -0.2) is 17.5 Å². The van der Waals surface area contributed by atoms with Crippen LogP contribution in [0.5, 0.6) is 0 Å². The standard InChI is InChI=1S/C16H25FN2O3S/c1-12(2)19-8-9-22-14(11-19)6-7-18-23(20,21)16-5-4-13(3)10-15(16)17/h4-5,10,12,14,18H,6-9,11H2,1-3H3/t14-/m0/s1. The molecule has 0 saturated carbocycles. The molecule has 1 aromatic carbocycles. The van der Waals surface area contributed by atoms with Gasteiger partial charge < -0.3 is 4.74 Å². The zero-order chi connectivity index (χ0) is 17.0. The Labute approximate surface area is 137 Å². The largest absolute Gasteiger partial charge is 0.376 e. The van der Waals surface area contributed by atoms with E-state index >= 15 is 0 Å². The van der Waals surface area contributed by atoms with E-state index in [9.17, 15) is 12.8 Å². The molecular weight excluding hydrogens is 319 g/mol. The summed E-state index contributed by atoms with van der Waals surface area (Å²) in [6.45, 7) is 8.55. The molecule has 0 amide bonds. The summed E-state index contributed by atoms with van der Waals surface area (Å²) >= 11 is 0. The van der Waals surface area contributed by atoms with Gasteiger partial charge in [0.1, 0.15) is 10.7 Å². The predicted octanol–water partition coefficient (Wildman–Crippen LogP) is 1.91. The summed E-state index contributed by atoms with van der Waals surface area (Å²) in [5.74, 6) is -0.725. The first-order chi connectivity index (χ1) is 10.8. The van der Waals surface area contributed by atoms with Gasteiger partial charge >= 0.3 is 0 Å². The van der Waals surface area contributed by atoms with Crippen molar-refractivity contribution in [2.45, 2.75) is 44.2 Å². The molecule has 1 aliphatic rings. The average Bonchev–Trinajstić information content (AvgIpc) is 2.46. The number of nitrogens with one attached hydrogen (secondary N) is 1. The third-order valence-corrected chi connectivity index (χ3v) is 5.53. The lowest BCUT2D eigenvalue weighted by Crippen LogP contribution is -2.46. The minimum atomic E-state index is -3.83. The Morgan fingerprint density at radius 3 is 2.83 bits per heavy atom. The first kappa shape index (κ1) is 18.3. The number of aryl methyl sites for hydroxylation is 1. The van der Waals surface area contributed by atoms with Crippen molar-refractivity contribution in [3.05, 3.63) is 29.6 Å². The predicted molar refractivity (Wildman–Crippen MR) is 87.4 cm³/mol. The van der Waals surface area contributed by atoms with E-state index in [4.69, 9.17) is 4.74 Å². The number of sulfonamides is 1. The number of nitrogens with zero attached hydrogens (tertiary/aromatic N) is 1. The Bertz CT molecular complexity index is 634. The highest BCUT2D eigenvalue weighted by molar-refractivity contribution is 7.89. The Morgan fingerprint density at radius 2 is 2.17 bits per heavy atom. The number of halogens is 1. The van der Waals surface area contributed by atoms with Crippen LogP contribution < -0.4 is 4.72 Å². The van der Waals surface area contributed by atoms with Crippen molar-refractivity contribution in [3.63, 3.8) is 0 Å². The number of ether oxygens (including phenoxy) is 1. The number of morpholine rings is 1. The highest BCUT2D eigenvalue weighted by Gasteiger charge is 2.23. The topological polar surface area (TPSA) is 58.6 Å². The van der Waals surface area contributed by atoms with Crippen molar-refractivity contribution < 1.29 is 17.5 Å². The van der Waals surface area contributed by atoms with E-state index in [2.05, 4.69) is 23.5 Å². The lowest BCUT2D eigenvalue weighted by atomic mass is 10.2. The molecule has 130 valence electrons. The van der Waals surface area contributed by atoms with Crippen LogP contribution in [0.25, 0.3) is 0 Å². The second-order valence-electron chi connectivity index (χ2n) is 6.20. The van der Waals surface area contributed by atoms with Gasteiger partial charge in [-0.05, 0) is 44.9 Å². The van der Waals surface area contributed by atoms with E-state index < -0.39 is 15.8 Å². The summed E-state index contributed by atoms with van der Waals surface area (Å²) in [4.78, 5) is 2.00. The van der Waals surface area contributed by atoms with Gasteiger partial charge in [0.2, 0.25) is 10.0 Å². The van der Waals surface area contributed by atoms with Crippen LogP contribution in [0.2, 0.25) is 0 Å². The SMILES string of the molecule is Cc1ccc(S(=O)(=O)NCC[C@H]2CN(C(C)C)CCO2)c(F)c1. The number of rotatable bonds is 6. The Morgan fingerprint density at radius 1 is 1.43 bits per heavy atom. The van der Waals surface area contributed by atoms with Crippen molar-refractivity contribution in [3.8, 4) is 0 Å². The second kappa shape index (κ2) is 7.70. The van der Waals surface area contributed by atoms with Gasteiger partial charge in [0, 0.05) is 25.7 Å². The van der Waals surface area contributed by atoms with Crippen molar-refractivity contribution in [1.82, 2.24) is 9.62 Å². The summed E-state index contributed by atoms with van der Waals surface area (Å²) in [7, 11) is -3.83. The molecule has 0 aromatic heterocycles. The number of hydrogen-bond donors (Lipinski definition) is 1. The maximum Gasteiger partial charge on any atom is 0.243 e. The van der Waals surface area contributed by atoms with Gasteiger partial charge in [0.15, 0.2) is 0 Å². The maximum atomic E-state index is 13.8. The molecule has 2 rings (SSSR count). The first-order valence-corrected chi connectivity index (χ1v) is 9.39. The van der Waals surface area contributed by atoms with Crippen molar-refractivity contribution in [2.75, 3.05) is 26.2 Å². The lowest BCUT2D eigenvalue weighted by Gasteiger charge is -2.35. The monoisotopic (exact) mass is 344 g/mol. The quantitative estimate of drug-likeness (QED) is 0.856. The van der Waals surface area contributed by atoms with E-state index in [1.807, 2.05) is 0 Å². The van der Waals surface area contributed by atoms with Gasteiger partial charge in [0.25, 0.3) is 0 Å². The van der Waals surface area contributed by atoms with Crippen LogP contribution in [0.4, 0.5) is 4.39 Å². The van der Waals surface area contributed by atoms with E-state index in [1.165, 1.54) is 12.1 Å². The molecular formula is C16H25FN2O3S. The van der Waals surface area contributed by atoms with Crippen LogP contribution in [0.15, 0.2) is 23.1 Å². The normalized spacial score (nSPS) is 20.1. The molecule has 0 radical (unpaired) electrons. The van der Waals surface area contributed by atoms with E-state index in [0.717, 1.165) is 13.1 Å². The zero-order valence-corrected chi connectivity index (χ0v) is 14.7. The molecule has 0 unspecified atom stereocenters. The van der Waals surface area contributed by atoms with Crippen LogP contribution in [0.1, 0.15) is 25.8 Å². The van der Waals surface area contributed by atoms with Crippen LogP contribution in [-0.4, -0.2) is 51.7 Å². The van der Waals surface area contributed by atoms with Gasteiger partial charge in [-0.1, -0.05) is 6.07 Å². The molecule has 5 nitrogen and oxygen atoms in total. The van der Waals surface area contributed by atoms with Crippen LogP contribution in [-0.2, 0) is 14.8 Å². The fourth-order valence-electron chi connectivity index (χ4n) is 2.64. The molecule has 1 aliphatic heterocycles. The van der Waals surface area contributed by atoms with Gasteiger partial charge in [0.05, 0.1) is 12.7 Å². The molecule has 1 heterocycles. The van der Waals surface area contributed by atoms with E-state index in [0.29, 0.717) is 24.6 Å². The van der Waals surface area contributed by atoms with Crippen molar-refractivity contribution in [1.29, 1.82) is 0 Å². The fourth-order valence-corrected chi connectivity index (χ4v) is 3.75. The minimum absolute atomic E-state index is 0.00304. The third kappa shape index (κ3) is 4.97. The smallest absolute Gasteiger partial charge is 0.243 e. The van der Waals surface area contributed by atoms with Crippen molar-refractivity contribution in [2.24, 2.45) is 0 Å². The summed E-state index contributed by atoms with van der Waals surface area (Å²) in [5, 5.41) is 0. The fraction of sp³-hybridized carbons (Fsp3) is 0.625. The maximum absolute atomic E-state index is 13.8. The minimum Gasteiger partial charge on any atom is -0.376 e. The third-order valence-electron chi connectivity index (χ3n) is 4.04. The van der Waals surface area contributed by atoms with Crippen LogP contribution >= 0.6 is 0 Å².